The topological polar surface area (TPSA) is 75.5 Å². The molecule has 1 saturated heterocycles. The Morgan fingerprint density at radius 1 is 1.25 bits per heavy atom. The number of aromatic nitrogens is 1. The summed E-state index contributed by atoms with van der Waals surface area (Å²) in [6.07, 6.45) is -8.45. The highest BCUT2D eigenvalue weighted by atomic mass is 19.4. The minimum Gasteiger partial charge on any atom is -0.494 e. The minimum absolute atomic E-state index is 0.0378. The third-order valence-electron chi connectivity index (χ3n) is 5.07. The molecule has 0 aliphatic carbocycles. The molecule has 0 saturated carbocycles. The Bertz CT molecular complexity index is 1030. The van der Waals surface area contributed by atoms with Crippen molar-refractivity contribution in [2.75, 3.05) is 20.2 Å². The van der Waals surface area contributed by atoms with E-state index in [-0.39, 0.29) is 47.2 Å². The molecule has 1 aromatic carbocycles. The lowest BCUT2D eigenvalue weighted by Gasteiger charge is -2.39. The van der Waals surface area contributed by atoms with E-state index in [4.69, 9.17) is 9.47 Å². The van der Waals surface area contributed by atoms with Crippen molar-refractivity contribution in [3.8, 4) is 17.6 Å². The summed E-state index contributed by atoms with van der Waals surface area (Å²) >= 11 is 0. The van der Waals surface area contributed by atoms with E-state index in [0.717, 1.165) is 19.2 Å². The zero-order valence-electron chi connectivity index (χ0n) is 17.0. The molecule has 1 atom stereocenters. The van der Waals surface area contributed by atoms with Gasteiger partial charge in [0, 0.05) is 36.5 Å². The van der Waals surface area contributed by atoms with Crippen molar-refractivity contribution < 1.29 is 36.2 Å². The Morgan fingerprint density at radius 2 is 1.94 bits per heavy atom. The molecule has 0 spiro atoms. The molecule has 170 valence electrons. The number of amides is 1. The molecule has 2 heterocycles. The Morgan fingerprint density at radius 3 is 2.44 bits per heavy atom. The van der Waals surface area contributed by atoms with Crippen molar-refractivity contribution >= 4 is 5.91 Å². The number of carbonyl (C=O) groups is 1. The molecule has 2 aromatic rings. The van der Waals surface area contributed by atoms with Crippen molar-refractivity contribution in [2.24, 2.45) is 0 Å². The van der Waals surface area contributed by atoms with Gasteiger partial charge < -0.3 is 14.4 Å². The lowest BCUT2D eigenvalue weighted by atomic mass is 9.94. The summed E-state index contributed by atoms with van der Waals surface area (Å²) in [5, 5.41) is 9.28. The molecule has 1 aliphatic rings. The van der Waals surface area contributed by atoms with E-state index in [1.807, 2.05) is 6.07 Å². The van der Waals surface area contributed by atoms with Crippen molar-refractivity contribution in [1.29, 1.82) is 5.26 Å². The maximum Gasteiger partial charge on any atom is 0.425 e. The molecule has 0 radical (unpaired) electrons. The number of rotatable bonds is 6. The van der Waals surface area contributed by atoms with Crippen LogP contribution in [0.25, 0.3) is 0 Å². The number of halogens is 5. The Labute approximate surface area is 180 Å². The molecule has 32 heavy (non-hydrogen) atoms. The molecule has 1 aliphatic heterocycles. The maximum absolute atomic E-state index is 13.1. The molecule has 0 bridgehead atoms. The number of hydrogen-bond donors (Lipinski definition) is 0. The van der Waals surface area contributed by atoms with Crippen molar-refractivity contribution in [1.82, 2.24) is 9.88 Å². The fraction of sp³-hybridized carbons (Fsp3) is 0.381. The predicted molar refractivity (Wildman–Crippen MR) is 102 cm³/mol. The summed E-state index contributed by atoms with van der Waals surface area (Å²) in [6.45, 7) is 1.12. The van der Waals surface area contributed by atoms with Crippen LogP contribution in [0.3, 0.4) is 0 Å². The van der Waals surface area contributed by atoms with Crippen LogP contribution in [-0.4, -0.2) is 48.3 Å². The first-order chi connectivity index (χ1) is 15.1. The summed E-state index contributed by atoms with van der Waals surface area (Å²) in [5.41, 5.74) is -0.0377. The molecular formula is C21H18F5N3O3. The summed E-state index contributed by atoms with van der Waals surface area (Å²) in [5.74, 6) is -1.45. The van der Waals surface area contributed by atoms with E-state index < -0.39 is 24.6 Å². The number of pyridine rings is 1. The zero-order chi connectivity index (χ0) is 23.6. The SMILES string of the molecule is COc1c(C#N)ccc(O[C@@H](C)C(F)(F)F)c1C(=O)N1CC(c2ccc(C(F)F)cn2)C1. The van der Waals surface area contributed by atoms with Gasteiger partial charge in [0.05, 0.1) is 12.7 Å². The normalized spacial score (nSPS) is 15.2. The van der Waals surface area contributed by atoms with Gasteiger partial charge in [-0.1, -0.05) is 0 Å². The first kappa shape index (κ1) is 23.2. The smallest absolute Gasteiger partial charge is 0.425 e. The van der Waals surface area contributed by atoms with Gasteiger partial charge in [0.2, 0.25) is 0 Å². The van der Waals surface area contributed by atoms with Gasteiger partial charge in [0.25, 0.3) is 12.3 Å². The molecule has 3 rings (SSSR count). The minimum atomic E-state index is -4.67. The zero-order valence-corrected chi connectivity index (χ0v) is 17.0. The number of alkyl halides is 5. The average molecular weight is 455 g/mol. The number of hydrogen-bond acceptors (Lipinski definition) is 5. The van der Waals surface area contributed by atoms with E-state index in [1.54, 1.807) is 0 Å². The number of carbonyl (C=O) groups excluding carboxylic acids is 1. The van der Waals surface area contributed by atoms with Crippen LogP contribution in [0.1, 0.15) is 46.4 Å². The lowest BCUT2D eigenvalue weighted by molar-refractivity contribution is -0.189. The van der Waals surface area contributed by atoms with Crippen LogP contribution in [0.2, 0.25) is 0 Å². The average Bonchev–Trinajstić information content (AvgIpc) is 2.71. The van der Waals surface area contributed by atoms with Crippen molar-refractivity contribution in [3.63, 3.8) is 0 Å². The monoisotopic (exact) mass is 455 g/mol. The van der Waals surface area contributed by atoms with E-state index >= 15 is 0 Å². The number of nitrogens with zero attached hydrogens (tertiary/aromatic N) is 3. The third kappa shape index (κ3) is 4.59. The van der Waals surface area contributed by atoms with E-state index in [0.29, 0.717) is 5.69 Å². The quantitative estimate of drug-likeness (QED) is 0.601. The number of benzene rings is 1. The summed E-state index contributed by atoms with van der Waals surface area (Å²) < 4.78 is 74.5. The Kier molecular flexibility index (Phi) is 6.52. The molecular weight excluding hydrogens is 437 g/mol. The van der Waals surface area contributed by atoms with Crippen LogP contribution in [0.4, 0.5) is 22.0 Å². The van der Waals surface area contributed by atoms with Crippen LogP contribution in [0.5, 0.6) is 11.5 Å². The number of methoxy groups -OCH3 is 1. The highest BCUT2D eigenvalue weighted by Crippen LogP contribution is 2.38. The third-order valence-corrected chi connectivity index (χ3v) is 5.07. The van der Waals surface area contributed by atoms with E-state index in [2.05, 4.69) is 4.98 Å². The van der Waals surface area contributed by atoms with E-state index in [9.17, 15) is 32.0 Å². The van der Waals surface area contributed by atoms with Gasteiger partial charge in [-0.05, 0) is 31.2 Å². The Hall–Kier alpha value is -3.42. The molecule has 1 fully saturated rings. The Balaban J connectivity index is 1.84. The second-order valence-corrected chi connectivity index (χ2v) is 7.16. The van der Waals surface area contributed by atoms with E-state index in [1.165, 1.54) is 30.2 Å². The second-order valence-electron chi connectivity index (χ2n) is 7.16. The van der Waals surface area contributed by atoms with Gasteiger partial charge in [-0.15, -0.1) is 0 Å². The van der Waals surface area contributed by atoms with Crippen LogP contribution in [0, 0.1) is 11.3 Å². The highest BCUT2D eigenvalue weighted by molar-refractivity contribution is 6.01. The van der Waals surface area contributed by atoms with Gasteiger partial charge in [-0.2, -0.15) is 18.4 Å². The van der Waals surface area contributed by atoms with Crippen LogP contribution < -0.4 is 9.47 Å². The first-order valence-electron chi connectivity index (χ1n) is 9.44. The first-order valence-corrected chi connectivity index (χ1v) is 9.44. The molecule has 11 heteroatoms. The van der Waals surface area contributed by atoms with Gasteiger partial charge >= 0.3 is 6.18 Å². The van der Waals surface area contributed by atoms with Gasteiger partial charge in [-0.3, -0.25) is 9.78 Å². The number of likely N-dealkylation sites (tertiary alicyclic amines) is 1. The van der Waals surface area contributed by atoms with Gasteiger partial charge in [0.15, 0.2) is 11.9 Å². The van der Waals surface area contributed by atoms with Gasteiger partial charge in [-0.25, -0.2) is 8.78 Å². The maximum atomic E-state index is 13.1. The molecule has 6 nitrogen and oxygen atoms in total. The standard InChI is InChI=1S/C21H18F5N3O3/c1-11(21(24,25)26)32-16-6-4-12(7-27)18(31-2)17(16)20(30)29-9-14(10-29)15-5-3-13(8-28-15)19(22)23/h3-6,8,11,14,19H,9-10H2,1-2H3/t11-/m0/s1. The fourth-order valence-corrected chi connectivity index (χ4v) is 3.20. The fourth-order valence-electron chi connectivity index (χ4n) is 3.20. The van der Waals surface area contributed by atoms with Crippen LogP contribution in [0.15, 0.2) is 30.5 Å². The second kappa shape index (κ2) is 8.98. The predicted octanol–water partition coefficient (Wildman–Crippen LogP) is 4.47. The molecule has 0 unspecified atom stereocenters. The highest BCUT2D eigenvalue weighted by Gasteiger charge is 2.41. The summed E-state index contributed by atoms with van der Waals surface area (Å²) in [6, 6.07) is 6.87. The number of nitriles is 1. The molecule has 1 aromatic heterocycles. The largest absolute Gasteiger partial charge is 0.494 e. The summed E-state index contributed by atoms with van der Waals surface area (Å²) in [4.78, 5) is 18.4. The van der Waals surface area contributed by atoms with Crippen molar-refractivity contribution in [3.05, 3.63) is 52.8 Å². The van der Waals surface area contributed by atoms with Gasteiger partial charge in [0.1, 0.15) is 17.4 Å². The molecule has 0 N–H and O–H groups in total. The van der Waals surface area contributed by atoms with Crippen LogP contribution >= 0.6 is 0 Å². The molecule has 1 amide bonds. The lowest BCUT2D eigenvalue weighted by Crippen LogP contribution is -2.49. The van der Waals surface area contributed by atoms with Crippen molar-refractivity contribution in [2.45, 2.75) is 31.5 Å². The van der Waals surface area contributed by atoms with Crippen LogP contribution in [-0.2, 0) is 0 Å². The summed E-state index contributed by atoms with van der Waals surface area (Å²) in [7, 11) is 1.19. The number of ether oxygens (including phenoxy) is 2.